The van der Waals surface area contributed by atoms with Crippen molar-refractivity contribution in [1.82, 2.24) is 5.73 Å². The molecule has 2 N–H and O–H groups in total. The van der Waals surface area contributed by atoms with E-state index in [4.69, 9.17) is 5.73 Å². The van der Waals surface area contributed by atoms with Gasteiger partial charge in [-0.15, -0.1) is 0 Å². The Morgan fingerprint density at radius 3 is 2.82 bits per heavy atom. The van der Waals surface area contributed by atoms with Gasteiger partial charge in [0.2, 0.25) is 5.91 Å². The second-order valence-electron chi connectivity index (χ2n) is 2.26. The van der Waals surface area contributed by atoms with Crippen LogP contribution in [0.3, 0.4) is 0 Å². The quantitative estimate of drug-likeness (QED) is 0.647. The lowest BCUT2D eigenvalue weighted by atomic mass is 10.3. The lowest BCUT2D eigenvalue weighted by Gasteiger charge is -2.00. The van der Waals surface area contributed by atoms with E-state index in [1.54, 1.807) is 24.3 Å². The van der Waals surface area contributed by atoms with Crippen molar-refractivity contribution in [2.45, 2.75) is 6.92 Å². The second-order valence-corrected chi connectivity index (χ2v) is 2.26. The molecule has 0 aliphatic heterocycles. The van der Waals surface area contributed by atoms with E-state index in [1.807, 2.05) is 0 Å². The Morgan fingerprint density at radius 2 is 2.27 bits per heavy atom. The molecule has 0 heterocycles. The monoisotopic (exact) mass is 149 g/mol. The van der Waals surface area contributed by atoms with E-state index in [9.17, 15) is 4.79 Å². The summed E-state index contributed by atoms with van der Waals surface area (Å²) in [6.07, 6.45) is 0. The third-order valence-corrected chi connectivity index (χ3v) is 1.18. The maximum atomic E-state index is 10.6. The van der Waals surface area contributed by atoms with Gasteiger partial charge in [0.25, 0.3) is 0 Å². The van der Waals surface area contributed by atoms with Crippen LogP contribution < -0.4 is 11.1 Å². The fourth-order valence-electron chi connectivity index (χ4n) is 0.800. The van der Waals surface area contributed by atoms with Gasteiger partial charge in [-0.05, 0) is 18.2 Å². The molecular formula is C8H9N2O. The SMILES string of the molecule is CC(=O)Nc1cccc([NH])c1. The van der Waals surface area contributed by atoms with Crippen molar-refractivity contribution < 1.29 is 4.79 Å². The minimum atomic E-state index is -0.115. The number of anilines is 1. The first-order valence-electron chi connectivity index (χ1n) is 3.28. The summed E-state index contributed by atoms with van der Waals surface area (Å²) in [5, 5.41) is 2.59. The lowest BCUT2D eigenvalue weighted by Crippen LogP contribution is -2.05. The molecule has 1 amide bonds. The number of hydrogen-bond acceptors (Lipinski definition) is 1. The Labute approximate surface area is 65.2 Å². The van der Waals surface area contributed by atoms with Crippen molar-refractivity contribution in [1.29, 1.82) is 0 Å². The molecule has 0 spiro atoms. The molecule has 57 valence electrons. The number of rotatable bonds is 1. The maximum Gasteiger partial charge on any atom is 0.221 e. The molecule has 0 aliphatic carbocycles. The Kier molecular flexibility index (Phi) is 2.11. The number of carbonyl (C=O) groups is 1. The predicted molar refractivity (Wildman–Crippen MR) is 43.5 cm³/mol. The van der Waals surface area contributed by atoms with Gasteiger partial charge in [0, 0.05) is 12.6 Å². The largest absolute Gasteiger partial charge is 0.326 e. The average Bonchev–Trinajstić information content (AvgIpc) is 1.85. The molecule has 1 rings (SSSR count). The first kappa shape index (κ1) is 7.60. The molecule has 0 unspecified atom stereocenters. The van der Waals surface area contributed by atoms with Gasteiger partial charge >= 0.3 is 0 Å². The molecule has 0 atom stereocenters. The normalized spacial score (nSPS) is 9.18. The predicted octanol–water partition coefficient (Wildman–Crippen LogP) is 1.56. The number of carbonyl (C=O) groups excluding carboxylic acids is 1. The van der Waals surface area contributed by atoms with Gasteiger partial charge in [-0.25, -0.2) is 0 Å². The zero-order valence-electron chi connectivity index (χ0n) is 6.22. The summed E-state index contributed by atoms with van der Waals surface area (Å²) in [6, 6.07) is 6.74. The average molecular weight is 149 g/mol. The van der Waals surface area contributed by atoms with E-state index in [0.717, 1.165) is 0 Å². The summed E-state index contributed by atoms with van der Waals surface area (Å²) in [5.41, 5.74) is 8.30. The lowest BCUT2D eigenvalue weighted by molar-refractivity contribution is -0.114. The Hall–Kier alpha value is -1.51. The van der Waals surface area contributed by atoms with Crippen LogP contribution in [-0.4, -0.2) is 5.91 Å². The summed E-state index contributed by atoms with van der Waals surface area (Å²) in [6.45, 7) is 1.44. The summed E-state index contributed by atoms with van der Waals surface area (Å²) >= 11 is 0. The van der Waals surface area contributed by atoms with Gasteiger partial charge in [-0.2, -0.15) is 0 Å². The molecule has 1 aromatic rings. The van der Waals surface area contributed by atoms with Crippen molar-refractivity contribution in [2.24, 2.45) is 0 Å². The zero-order valence-corrected chi connectivity index (χ0v) is 6.22. The molecule has 1 radical (unpaired) electrons. The molecule has 3 nitrogen and oxygen atoms in total. The Balaban J connectivity index is 2.79. The number of nitrogens with one attached hydrogen (secondary N) is 2. The van der Waals surface area contributed by atoms with E-state index in [1.165, 1.54) is 6.92 Å². The van der Waals surface area contributed by atoms with Gasteiger partial charge in [-0.3, -0.25) is 4.79 Å². The molecule has 0 aliphatic rings. The molecular weight excluding hydrogens is 140 g/mol. The third-order valence-electron chi connectivity index (χ3n) is 1.18. The highest BCUT2D eigenvalue weighted by atomic mass is 16.1. The molecule has 0 bridgehead atoms. The minimum absolute atomic E-state index is 0.115. The van der Waals surface area contributed by atoms with Gasteiger partial charge in [0.1, 0.15) is 0 Å². The second kappa shape index (κ2) is 3.05. The Morgan fingerprint density at radius 1 is 1.55 bits per heavy atom. The maximum absolute atomic E-state index is 10.6. The molecule has 11 heavy (non-hydrogen) atoms. The fourth-order valence-corrected chi connectivity index (χ4v) is 0.800. The van der Waals surface area contributed by atoms with Crippen molar-refractivity contribution in [3.63, 3.8) is 0 Å². The smallest absolute Gasteiger partial charge is 0.221 e. The highest BCUT2D eigenvalue weighted by Gasteiger charge is 1.93. The van der Waals surface area contributed by atoms with E-state index in [0.29, 0.717) is 11.4 Å². The first-order chi connectivity index (χ1) is 5.18. The number of amides is 1. The van der Waals surface area contributed by atoms with Gasteiger partial charge in [0.15, 0.2) is 0 Å². The summed E-state index contributed by atoms with van der Waals surface area (Å²) in [7, 11) is 0. The van der Waals surface area contributed by atoms with Crippen LogP contribution in [0.1, 0.15) is 6.92 Å². The van der Waals surface area contributed by atoms with Gasteiger partial charge in [-0.1, -0.05) is 6.07 Å². The topological polar surface area (TPSA) is 52.9 Å². The molecule has 0 saturated heterocycles. The van der Waals surface area contributed by atoms with E-state index < -0.39 is 0 Å². The summed E-state index contributed by atoms with van der Waals surface area (Å²) < 4.78 is 0. The number of benzene rings is 1. The third kappa shape index (κ3) is 2.29. The first-order valence-corrected chi connectivity index (χ1v) is 3.28. The van der Waals surface area contributed by atoms with Crippen LogP contribution >= 0.6 is 0 Å². The van der Waals surface area contributed by atoms with Crippen LogP contribution in [0.2, 0.25) is 0 Å². The van der Waals surface area contributed by atoms with Crippen LogP contribution in [0.25, 0.3) is 0 Å². The highest BCUT2D eigenvalue weighted by Crippen LogP contribution is 2.12. The van der Waals surface area contributed by atoms with Crippen LogP contribution in [0.4, 0.5) is 11.4 Å². The molecule has 1 aromatic carbocycles. The highest BCUT2D eigenvalue weighted by molar-refractivity contribution is 5.89. The van der Waals surface area contributed by atoms with Crippen LogP contribution in [0.15, 0.2) is 24.3 Å². The molecule has 3 heteroatoms. The molecule has 0 saturated carbocycles. The minimum Gasteiger partial charge on any atom is -0.326 e. The van der Waals surface area contributed by atoms with Crippen LogP contribution in [0.5, 0.6) is 0 Å². The molecule has 0 aromatic heterocycles. The van der Waals surface area contributed by atoms with Crippen molar-refractivity contribution >= 4 is 17.3 Å². The fraction of sp³-hybridized carbons (Fsp3) is 0.125. The van der Waals surface area contributed by atoms with Crippen molar-refractivity contribution in [3.05, 3.63) is 24.3 Å². The molecule has 0 fully saturated rings. The summed E-state index contributed by atoms with van der Waals surface area (Å²) in [4.78, 5) is 10.6. The summed E-state index contributed by atoms with van der Waals surface area (Å²) in [5.74, 6) is -0.115. The van der Waals surface area contributed by atoms with Gasteiger partial charge < -0.3 is 11.1 Å². The number of hydrogen-bond donors (Lipinski definition) is 1. The van der Waals surface area contributed by atoms with Crippen LogP contribution in [-0.2, 0) is 4.79 Å². The van der Waals surface area contributed by atoms with E-state index in [2.05, 4.69) is 5.32 Å². The van der Waals surface area contributed by atoms with Crippen molar-refractivity contribution in [3.8, 4) is 0 Å². The van der Waals surface area contributed by atoms with Gasteiger partial charge in [0.05, 0.1) is 5.69 Å². The standard InChI is InChI=1S/C8H9N2O/c1-6(11)10-8-4-2-3-7(9)5-8/h2-5,9H,1H3,(H,10,11). The van der Waals surface area contributed by atoms with E-state index in [-0.39, 0.29) is 5.91 Å². The van der Waals surface area contributed by atoms with E-state index >= 15 is 0 Å². The van der Waals surface area contributed by atoms with Crippen molar-refractivity contribution in [2.75, 3.05) is 5.32 Å². The van der Waals surface area contributed by atoms with Crippen LogP contribution in [0, 0.1) is 0 Å². The Bertz CT molecular complexity index is 271. The zero-order chi connectivity index (χ0) is 8.27.